The Bertz CT molecular complexity index is 1130. The van der Waals surface area contributed by atoms with Crippen molar-refractivity contribution in [2.75, 3.05) is 18.4 Å². The molecule has 12 heteroatoms. The van der Waals surface area contributed by atoms with Gasteiger partial charge in [0.2, 0.25) is 10.0 Å². The first-order valence-electron chi connectivity index (χ1n) is 9.57. The highest BCUT2D eigenvalue weighted by Gasteiger charge is 2.25. The molecule has 0 aromatic heterocycles. The molecular formula is C20H22ClN3O7S. The van der Waals surface area contributed by atoms with Crippen LogP contribution in [0, 0.1) is 10.1 Å². The Hall–Kier alpha value is -3.02. The van der Waals surface area contributed by atoms with E-state index >= 15 is 0 Å². The number of nitro benzene ring substituents is 1. The number of amides is 1. The molecule has 0 aliphatic heterocycles. The van der Waals surface area contributed by atoms with Crippen molar-refractivity contribution < 1.29 is 27.7 Å². The molecule has 0 saturated carbocycles. The van der Waals surface area contributed by atoms with E-state index in [4.69, 9.17) is 16.3 Å². The molecule has 2 rings (SSSR count). The maximum absolute atomic E-state index is 12.7. The summed E-state index contributed by atoms with van der Waals surface area (Å²) in [5, 5.41) is 13.3. The number of halogens is 1. The summed E-state index contributed by atoms with van der Waals surface area (Å²) in [7, 11) is -3.78. The molecule has 1 atom stereocenters. The van der Waals surface area contributed by atoms with Gasteiger partial charge < -0.3 is 10.1 Å². The second-order valence-electron chi connectivity index (χ2n) is 6.58. The number of ether oxygens (including phenoxy) is 1. The number of carbonyl (C=O) groups excluding carboxylic acids is 2. The lowest BCUT2D eigenvalue weighted by Crippen LogP contribution is -2.31. The molecule has 0 bridgehead atoms. The van der Waals surface area contributed by atoms with Crippen molar-refractivity contribution >= 4 is 44.9 Å². The number of hydrogen-bond donors (Lipinski definition) is 1. The van der Waals surface area contributed by atoms with Crippen molar-refractivity contribution in [3.05, 3.63) is 63.2 Å². The molecule has 0 saturated heterocycles. The number of hydrogen-bond acceptors (Lipinski definition) is 7. The molecule has 10 nitrogen and oxygen atoms in total. The van der Waals surface area contributed by atoms with Gasteiger partial charge >= 0.3 is 5.97 Å². The van der Waals surface area contributed by atoms with Crippen LogP contribution in [0.25, 0.3) is 0 Å². The molecule has 0 radical (unpaired) electrons. The van der Waals surface area contributed by atoms with E-state index in [1.807, 2.05) is 0 Å². The van der Waals surface area contributed by atoms with Gasteiger partial charge in [0.15, 0.2) is 6.10 Å². The summed E-state index contributed by atoms with van der Waals surface area (Å²) in [6.45, 7) is 5.24. The zero-order valence-electron chi connectivity index (χ0n) is 17.6. The van der Waals surface area contributed by atoms with Crippen molar-refractivity contribution in [3.63, 3.8) is 0 Å². The third-order valence-corrected chi connectivity index (χ3v) is 6.86. The zero-order valence-corrected chi connectivity index (χ0v) is 19.1. The van der Waals surface area contributed by atoms with Crippen LogP contribution in [0.1, 0.15) is 31.1 Å². The third kappa shape index (κ3) is 5.81. The average Bonchev–Trinajstić information content (AvgIpc) is 2.75. The zero-order chi connectivity index (χ0) is 24.1. The lowest BCUT2D eigenvalue weighted by atomic mass is 10.2. The maximum Gasteiger partial charge on any atom is 0.338 e. The molecule has 1 N–H and O–H groups in total. The second-order valence-corrected chi connectivity index (χ2v) is 8.92. The van der Waals surface area contributed by atoms with Crippen molar-refractivity contribution in [1.82, 2.24) is 4.31 Å². The molecule has 0 heterocycles. The van der Waals surface area contributed by atoms with Gasteiger partial charge in [-0.05, 0) is 31.2 Å². The first-order chi connectivity index (χ1) is 15.0. The molecule has 1 amide bonds. The van der Waals surface area contributed by atoms with E-state index in [0.717, 1.165) is 6.07 Å². The van der Waals surface area contributed by atoms with Crippen LogP contribution in [0.2, 0.25) is 5.02 Å². The van der Waals surface area contributed by atoms with Gasteiger partial charge in [-0.1, -0.05) is 31.5 Å². The van der Waals surface area contributed by atoms with Crippen LogP contribution in [-0.2, 0) is 19.6 Å². The minimum atomic E-state index is -3.78. The Morgan fingerprint density at radius 1 is 1.19 bits per heavy atom. The largest absolute Gasteiger partial charge is 0.449 e. The van der Waals surface area contributed by atoms with E-state index in [0.29, 0.717) is 0 Å². The SMILES string of the molecule is CCN(CC)S(=O)(=O)c1cccc(C(=O)O[C@H](C)C(=O)Nc2cc([N+](=O)[O-])ccc2Cl)c1. The Labute approximate surface area is 190 Å². The standard InChI is InChI=1S/C20H22ClN3O7S/c1-4-23(5-2)32(29,30)16-8-6-7-14(11-16)20(26)31-13(3)19(25)22-18-12-15(24(27)28)9-10-17(18)21/h6-13H,4-5H2,1-3H3,(H,22,25)/t13-/m1/s1. The monoisotopic (exact) mass is 483 g/mol. The minimum Gasteiger partial charge on any atom is -0.449 e. The van der Waals surface area contributed by atoms with Gasteiger partial charge in [0.05, 0.1) is 26.1 Å². The van der Waals surface area contributed by atoms with E-state index < -0.39 is 32.9 Å². The quantitative estimate of drug-likeness (QED) is 0.327. The van der Waals surface area contributed by atoms with E-state index in [2.05, 4.69) is 5.32 Å². The van der Waals surface area contributed by atoms with Crippen molar-refractivity contribution in [3.8, 4) is 0 Å². The van der Waals surface area contributed by atoms with Crippen molar-refractivity contribution in [2.45, 2.75) is 31.8 Å². The molecule has 0 fully saturated rings. The summed E-state index contributed by atoms with van der Waals surface area (Å²) in [4.78, 5) is 35.1. The summed E-state index contributed by atoms with van der Waals surface area (Å²) in [5.74, 6) is -1.68. The third-order valence-electron chi connectivity index (χ3n) is 4.48. The Kier molecular flexibility index (Phi) is 8.31. The summed E-state index contributed by atoms with van der Waals surface area (Å²) >= 11 is 5.95. The molecule has 172 valence electrons. The number of esters is 1. The highest BCUT2D eigenvalue weighted by molar-refractivity contribution is 7.89. The summed E-state index contributed by atoms with van der Waals surface area (Å²) < 4.78 is 31.7. The van der Waals surface area contributed by atoms with E-state index in [9.17, 15) is 28.1 Å². The summed E-state index contributed by atoms with van der Waals surface area (Å²) in [6, 6.07) is 8.83. The van der Waals surface area contributed by atoms with Crippen molar-refractivity contribution in [1.29, 1.82) is 0 Å². The van der Waals surface area contributed by atoms with E-state index in [1.54, 1.807) is 13.8 Å². The van der Waals surface area contributed by atoms with Crippen LogP contribution in [-0.4, -0.2) is 48.7 Å². The predicted octanol–water partition coefficient (Wildman–Crippen LogP) is 3.46. The normalized spacial score (nSPS) is 12.3. The fourth-order valence-electron chi connectivity index (χ4n) is 2.74. The highest BCUT2D eigenvalue weighted by Crippen LogP contribution is 2.27. The lowest BCUT2D eigenvalue weighted by Gasteiger charge is -2.19. The number of nitro groups is 1. The van der Waals surface area contributed by atoms with Crippen LogP contribution in [0.4, 0.5) is 11.4 Å². The first-order valence-corrected chi connectivity index (χ1v) is 11.4. The molecule has 0 aliphatic rings. The Morgan fingerprint density at radius 3 is 2.44 bits per heavy atom. The predicted molar refractivity (Wildman–Crippen MR) is 118 cm³/mol. The van der Waals surface area contributed by atoms with Gasteiger partial charge in [0.25, 0.3) is 11.6 Å². The smallest absolute Gasteiger partial charge is 0.338 e. The van der Waals surface area contributed by atoms with Crippen molar-refractivity contribution in [2.24, 2.45) is 0 Å². The molecule has 0 unspecified atom stereocenters. The van der Waals surface area contributed by atoms with E-state index in [1.165, 1.54) is 47.6 Å². The molecule has 2 aromatic rings. The molecule has 32 heavy (non-hydrogen) atoms. The van der Waals surface area contributed by atoms with Crippen LogP contribution >= 0.6 is 11.6 Å². The fourth-order valence-corrected chi connectivity index (χ4v) is 4.40. The van der Waals surface area contributed by atoms with Gasteiger partial charge in [-0.15, -0.1) is 0 Å². The van der Waals surface area contributed by atoms with Crippen LogP contribution in [0.15, 0.2) is 47.4 Å². The van der Waals surface area contributed by atoms with Crippen LogP contribution < -0.4 is 5.32 Å². The van der Waals surface area contributed by atoms with Crippen LogP contribution in [0.5, 0.6) is 0 Å². The van der Waals surface area contributed by atoms with Gasteiger partial charge in [-0.25, -0.2) is 13.2 Å². The molecule has 2 aromatic carbocycles. The summed E-state index contributed by atoms with van der Waals surface area (Å²) in [6.07, 6.45) is -1.29. The maximum atomic E-state index is 12.7. The topological polar surface area (TPSA) is 136 Å². The van der Waals surface area contributed by atoms with E-state index in [-0.39, 0.29) is 39.9 Å². The number of nitrogens with one attached hydrogen (secondary N) is 1. The average molecular weight is 484 g/mol. The van der Waals surface area contributed by atoms with Crippen LogP contribution in [0.3, 0.4) is 0 Å². The number of sulfonamides is 1. The fraction of sp³-hybridized carbons (Fsp3) is 0.300. The minimum absolute atomic E-state index is 0.0129. The number of non-ortho nitro benzene ring substituents is 1. The molecule has 0 aliphatic carbocycles. The number of carbonyl (C=O) groups is 2. The Morgan fingerprint density at radius 2 is 1.84 bits per heavy atom. The van der Waals surface area contributed by atoms with Gasteiger partial charge in [0, 0.05) is 25.2 Å². The van der Waals surface area contributed by atoms with Gasteiger partial charge in [-0.2, -0.15) is 4.31 Å². The first kappa shape index (κ1) is 25.2. The molecular weight excluding hydrogens is 462 g/mol. The van der Waals surface area contributed by atoms with Gasteiger partial charge in [-0.3, -0.25) is 14.9 Å². The highest BCUT2D eigenvalue weighted by atomic mass is 35.5. The molecule has 0 spiro atoms. The summed E-state index contributed by atoms with van der Waals surface area (Å²) in [5.41, 5.74) is -0.340. The Balaban J connectivity index is 2.15. The number of rotatable bonds is 9. The number of nitrogens with zero attached hydrogens (tertiary/aromatic N) is 2. The van der Waals surface area contributed by atoms with Gasteiger partial charge in [0.1, 0.15) is 0 Å². The number of benzene rings is 2. The lowest BCUT2D eigenvalue weighted by molar-refractivity contribution is -0.384. The second kappa shape index (κ2) is 10.5. The number of anilines is 1.